The van der Waals surface area contributed by atoms with Crippen molar-refractivity contribution in [1.82, 2.24) is 4.72 Å². The molecule has 0 aromatic heterocycles. The Kier molecular flexibility index (Phi) is 4.17. The van der Waals surface area contributed by atoms with Crippen LogP contribution in [0, 0.1) is 0 Å². The van der Waals surface area contributed by atoms with Gasteiger partial charge in [0.05, 0.1) is 4.75 Å². The number of aliphatic hydroxyl groups excluding tert-OH is 1. The fourth-order valence-corrected chi connectivity index (χ4v) is 1.33. The number of nitrogens with one attached hydrogen (secondary N) is 1. The van der Waals surface area contributed by atoms with Gasteiger partial charge in [-0.25, -0.2) is 13.1 Å². The van der Waals surface area contributed by atoms with Crippen molar-refractivity contribution in [3.8, 4) is 0 Å². The Bertz CT molecular complexity index is 304. The molecule has 8 heteroatoms. The van der Waals surface area contributed by atoms with Crippen molar-refractivity contribution in [3.63, 3.8) is 0 Å². The first-order valence-electron chi connectivity index (χ1n) is 4.12. The monoisotopic (exact) mass is 249 g/mol. The highest BCUT2D eigenvalue weighted by Crippen LogP contribution is 2.20. The number of hydrogen-bond donors (Lipinski definition) is 2. The Morgan fingerprint density at radius 2 is 1.67 bits per heavy atom. The van der Waals surface area contributed by atoms with Crippen molar-refractivity contribution in [2.45, 2.75) is 37.8 Å². The molecule has 0 aromatic rings. The van der Waals surface area contributed by atoms with E-state index in [0.717, 1.165) is 0 Å². The molecular weight excluding hydrogens is 235 g/mol. The molecule has 0 fully saturated rings. The molecule has 92 valence electrons. The molecule has 0 bridgehead atoms. The van der Waals surface area contributed by atoms with Crippen LogP contribution in [0.4, 0.5) is 13.2 Å². The van der Waals surface area contributed by atoms with Crippen molar-refractivity contribution < 1.29 is 26.7 Å². The summed E-state index contributed by atoms with van der Waals surface area (Å²) in [5, 5.41) is 8.56. The Balaban J connectivity index is 4.43. The third-order valence-corrected chi connectivity index (χ3v) is 3.81. The smallest absolute Gasteiger partial charge is 0.382 e. The van der Waals surface area contributed by atoms with Gasteiger partial charge in [0.2, 0.25) is 10.0 Å². The first kappa shape index (κ1) is 14.7. The molecule has 0 heterocycles. The minimum Gasteiger partial charge on any atom is -0.382 e. The predicted molar refractivity (Wildman–Crippen MR) is 48.7 cm³/mol. The summed E-state index contributed by atoms with van der Waals surface area (Å²) in [6, 6.07) is 0. The largest absolute Gasteiger partial charge is 0.415 e. The molecule has 0 saturated carbocycles. The molecule has 0 aliphatic heterocycles. The van der Waals surface area contributed by atoms with E-state index < -0.39 is 33.6 Å². The summed E-state index contributed by atoms with van der Waals surface area (Å²) < 4.78 is 58.6. The van der Waals surface area contributed by atoms with Crippen molar-refractivity contribution in [2.75, 3.05) is 6.54 Å². The van der Waals surface area contributed by atoms with Crippen LogP contribution >= 0.6 is 0 Å². The number of rotatable bonds is 3. The molecule has 1 unspecified atom stereocenters. The van der Waals surface area contributed by atoms with E-state index in [2.05, 4.69) is 0 Å². The highest BCUT2D eigenvalue weighted by atomic mass is 32.2. The first-order chi connectivity index (χ1) is 6.38. The van der Waals surface area contributed by atoms with Gasteiger partial charge in [-0.2, -0.15) is 13.2 Å². The van der Waals surface area contributed by atoms with Crippen LogP contribution in [0.15, 0.2) is 0 Å². The molecule has 0 saturated heterocycles. The van der Waals surface area contributed by atoms with Crippen molar-refractivity contribution in [2.24, 2.45) is 0 Å². The molecular formula is C7H14F3NO3S. The van der Waals surface area contributed by atoms with Gasteiger partial charge in [0.25, 0.3) is 0 Å². The summed E-state index contributed by atoms with van der Waals surface area (Å²) in [6.45, 7) is 2.96. The van der Waals surface area contributed by atoms with Crippen molar-refractivity contribution >= 4 is 10.0 Å². The van der Waals surface area contributed by atoms with E-state index in [1.807, 2.05) is 0 Å². The third kappa shape index (κ3) is 4.35. The van der Waals surface area contributed by atoms with Crippen LogP contribution in [-0.4, -0.2) is 37.1 Å². The van der Waals surface area contributed by atoms with Crippen LogP contribution in [0.1, 0.15) is 20.8 Å². The van der Waals surface area contributed by atoms with Gasteiger partial charge < -0.3 is 5.11 Å². The SMILES string of the molecule is CC(C)(C)S(=O)(=O)NCC(O)C(F)(F)F. The topological polar surface area (TPSA) is 66.4 Å². The fourth-order valence-electron chi connectivity index (χ4n) is 0.521. The summed E-state index contributed by atoms with van der Waals surface area (Å²) in [5.41, 5.74) is 0. The lowest BCUT2D eigenvalue weighted by Crippen LogP contribution is -2.46. The zero-order chi connectivity index (χ0) is 12.5. The van der Waals surface area contributed by atoms with Crippen LogP contribution in [-0.2, 0) is 10.0 Å². The van der Waals surface area contributed by atoms with E-state index in [-0.39, 0.29) is 0 Å². The molecule has 0 aliphatic carbocycles. The highest BCUT2D eigenvalue weighted by molar-refractivity contribution is 7.90. The van der Waals surface area contributed by atoms with E-state index in [0.29, 0.717) is 0 Å². The molecule has 2 N–H and O–H groups in total. The van der Waals surface area contributed by atoms with Gasteiger partial charge in [0.15, 0.2) is 6.10 Å². The van der Waals surface area contributed by atoms with E-state index in [9.17, 15) is 21.6 Å². The van der Waals surface area contributed by atoms with Gasteiger partial charge in [-0.1, -0.05) is 0 Å². The Morgan fingerprint density at radius 1 is 1.27 bits per heavy atom. The maximum Gasteiger partial charge on any atom is 0.415 e. The minimum absolute atomic E-state index is 1.07. The lowest BCUT2D eigenvalue weighted by Gasteiger charge is -2.21. The van der Waals surface area contributed by atoms with E-state index in [1.165, 1.54) is 20.8 Å². The van der Waals surface area contributed by atoms with Gasteiger partial charge in [-0.05, 0) is 20.8 Å². The lowest BCUT2D eigenvalue weighted by atomic mass is 10.3. The van der Waals surface area contributed by atoms with E-state index in [4.69, 9.17) is 5.11 Å². The molecule has 0 spiro atoms. The number of sulfonamides is 1. The molecule has 0 aromatic carbocycles. The Morgan fingerprint density at radius 3 is 1.93 bits per heavy atom. The lowest BCUT2D eigenvalue weighted by molar-refractivity contribution is -0.200. The second-order valence-corrected chi connectivity index (χ2v) is 6.54. The van der Waals surface area contributed by atoms with Crippen LogP contribution in [0.2, 0.25) is 0 Å². The van der Waals surface area contributed by atoms with Crippen LogP contribution in [0.5, 0.6) is 0 Å². The average molecular weight is 249 g/mol. The van der Waals surface area contributed by atoms with Crippen LogP contribution in [0.25, 0.3) is 0 Å². The second kappa shape index (κ2) is 4.26. The Labute approximate surface area is 86.5 Å². The second-order valence-electron chi connectivity index (χ2n) is 4.02. The van der Waals surface area contributed by atoms with Crippen molar-refractivity contribution in [3.05, 3.63) is 0 Å². The molecule has 15 heavy (non-hydrogen) atoms. The van der Waals surface area contributed by atoms with Gasteiger partial charge in [-0.3, -0.25) is 0 Å². The normalized spacial score (nSPS) is 16.5. The molecule has 0 rings (SSSR count). The zero-order valence-electron chi connectivity index (χ0n) is 8.59. The van der Waals surface area contributed by atoms with Crippen molar-refractivity contribution in [1.29, 1.82) is 0 Å². The zero-order valence-corrected chi connectivity index (χ0v) is 9.41. The summed E-state index contributed by atoms with van der Waals surface area (Å²) in [4.78, 5) is 0. The third-order valence-electron chi connectivity index (χ3n) is 1.65. The summed E-state index contributed by atoms with van der Waals surface area (Å²) in [7, 11) is -3.86. The number of alkyl halides is 3. The molecule has 0 radical (unpaired) electrons. The molecule has 1 atom stereocenters. The average Bonchev–Trinajstić information content (AvgIpc) is 1.96. The number of halogens is 3. The fraction of sp³-hybridized carbons (Fsp3) is 1.00. The van der Waals surface area contributed by atoms with Crippen LogP contribution < -0.4 is 4.72 Å². The summed E-state index contributed by atoms with van der Waals surface area (Å²) in [5.74, 6) is 0. The number of hydrogen-bond acceptors (Lipinski definition) is 3. The van der Waals surface area contributed by atoms with E-state index in [1.54, 1.807) is 4.72 Å². The van der Waals surface area contributed by atoms with Gasteiger partial charge >= 0.3 is 6.18 Å². The highest BCUT2D eigenvalue weighted by Gasteiger charge is 2.39. The molecule has 0 amide bonds. The first-order valence-corrected chi connectivity index (χ1v) is 5.60. The minimum atomic E-state index is -4.82. The van der Waals surface area contributed by atoms with E-state index >= 15 is 0 Å². The maximum atomic E-state index is 11.8. The Hall–Kier alpha value is -0.340. The molecule has 0 aliphatic rings. The van der Waals surface area contributed by atoms with Gasteiger partial charge in [-0.15, -0.1) is 0 Å². The van der Waals surface area contributed by atoms with Crippen LogP contribution in [0.3, 0.4) is 0 Å². The maximum absolute atomic E-state index is 11.8. The predicted octanol–water partition coefficient (Wildman–Crippen LogP) is 0.627. The summed E-state index contributed by atoms with van der Waals surface area (Å²) >= 11 is 0. The van der Waals surface area contributed by atoms with Gasteiger partial charge in [0, 0.05) is 6.54 Å². The van der Waals surface area contributed by atoms with Gasteiger partial charge in [0.1, 0.15) is 0 Å². The number of aliphatic hydroxyl groups is 1. The standard InChI is InChI=1S/C7H14F3NO3S/c1-6(2,3)15(13,14)11-4-5(12)7(8,9)10/h5,11-12H,4H2,1-3H3. The molecule has 4 nitrogen and oxygen atoms in total. The quantitative estimate of drug-likeness (QED) is 0.771. The summed E-state index contributed by atoms with van der Waals surface area (Å²) in [6.07, 6.45) is -7.50.